The third kappa shape index (κ3) is 1.24. The van der Waals surface area contributed by atoms with E-state index in [-0.39, 0.29) is 5.41 Å². The van der Waals surface area contributed by atoms with E-state index in [1.807, 2.05) is 0 Å². The van der Waals surface area contributed by atoms with E-state index >= 15 is 0 Å². The van der Waals surface area contributed by atoms with Crippen LogP contribution in [0.2, 0.25) is 0 Å². The van der Waals surface area contributed by atoms with Crippen molar-refractivity contribution < 1.29 is 4.74 Å². The lowest BCUT2D eigenvalue weighted by Crippen LogP contribution is -2.52. The number of thiophene rings is 1. The van der Waals surface area contributed by atoms with Gasteiger partial charge in [0.15, 0.2) is 0 Å². The summed E-state index contributed by atoms with van der Waals surface area (Å²) in [5, 5.41) is 3.58. The predicted molar refractivity (Wildman–Crippen MR) is 63.4 cm³/mol. The van der Waals surface area contributed by atoms with Gasteiger partial charge in [0.05, 0.1) is 18.6 Å². The number of rotatable bonds is 2. The fraction of sp³-hybridized carbons (Fsp3) is 0.333. The molecule has 1 aliphatic rings. The van der Waals surface area contributed by atoms with Crippen molar-refractivity contribution >= 4 is 21.4 Å². The zero-order valence-corrected chi connectivity index (χ0v) is 9.22. The minimum absolute atomic E-state index is 0.0829. The minimum atomic E-state index is 0.0829. The summed E-state index contributed by atoms with van der Waals surface area (Å²) >= 11 is 1.79. The van der Waals surface area contributed by atoms with Gasteiger partial charge < -0.3 is 10.5 Å². The van der Waals surface area contributed by atoms with Gasteiger partial charge in [-0.2, -0.15) is 0 Å². The summed E-state index contributed by atoms with van der Waals surface area (Å²) in [4.78, 5) is 0. The summed E-state index contributed by atoms with van der Waals surface area (Å²) in [6.45, 7) is 2.21. The second kappa shape index (κ2) is 3.30. The lowest BCUT2D eigenvalue weighted by Gasteiger charge is -2.40. The van der Waals surface area contributed by atoms with Crippen molar-refractivity contribution in [3.63, 3.8) is 0 Å². The van der Waals surface area contributed by atoms with Crippen molar-refractivity contribution in [2.24, 2.45) is 5.73 Å². The molecule has 1 aromatic carbocycles. The van der Waals surface area contributed by atoms with Crippen molar-refractivity contribution in [3.05, 3.63) is 35.2 Å². The molecule has 0 amide bonds. The van der Waals surface area contributed by atoms with Gasteiger partial charge >= 0.3 is 0 Å². The Labute approximate surface area is 92.7 Å². The summed E-state index contributed by atoms with van der Waals surface area (Å²) in [7, 11) is 0. The van der Waals surface area contributed by atoms with E-state index in [1.54, 1.807) is 11.3 Å². The first kappa shape index (κ1) is 9.33. The molecular formula is C12H13NOS. The quantitative estimate of drug-likeness (QED) is 0.839. The van der Waals surface area contributed by atoms with Crippen LogP contribution in [-0.4, -0.2) is 19.8 Å². The molecule has 15 heavy (non-hydrogen) atoms. The van der Waals surface area contributed by atoms with Crippen LogP contribution in [0.15, 0.2) is 29.6 Å². The van der Waals surface area contributed by atoms with Crippen molar-refractivity contribution in [1.82, 2.24) is 0 Å². The smallest absolute Gasteiger partial charge is 0.0598 e. The lowest BCUT2D eigenvalue weighted by atomic mass is 9.79. The number of fused-ring (bicyclic) bond motifs is 1. The van der Waals surface area contributed by atoms with Crippen LogP contribution in [-0.2, 0) is 10.2 Å². The highest BCUT2D eigenvalue weighted by molar-refractivity contribution is 7.17. The first-order chi connectivity index (χ1) is 7.36. The molecule has 3 rings (SSSR count). The molecule has 0 aliphatic carbocycles. The van der Waals surface area contributed by atoms with Crippen molar-refractivity contribution in [2.45, 2.75) is 5.41 Å². The molecule has 0 bridgehead atoms. The van der Waals surface area contributed by atoms with Crippen LogP contribution in [0.1, 0.15) is 5.56 Å². The number of hydrogen-bond donors (Lipinski definition) is 1. The molecule has 0 atom stereocenters. The maximum atomic E-state index is 5.88. The van der Waals surface area contributed by atoms with E-state index < -0.39 is 0 Å². The fourth-order valence-corrected chi connectivity index (χ4v) is 3.20. The van der Waals surface area contributed by atoms with Crippen LogP contribution in [0, 0.1) is 0 Å². The average Bonchev–Trinajstić information content (AvgIpc) is 2.62. The van der Waals surface area contributed by atoms with Crippen molar-refractivity contribution in [3.8, 4) is 0 Å². The molecule has 78 valence electrons. The number of hydrogen-bond acceptors (Lipinski definition) is 3. The molecule has 1 aromatic heterocycles. The van der Waals surface area contributed by atoms with Crippen LogP contribution in [0.25, 0.3) is 10.1 Å². The Morgan fingerprint density at radius 1 is 1.33 bits per heavy atom. The van der Waals surface area contributed by atoms with Crippen LogP contribution in [0.3, 0.4) is 0 Å². The Bertz CT molecular complexity index is 482. The summed E-state index contributed by atoms with van der Waals surface area (Å²) in [5.41, 5.74) is 7.33. The molecule has 0 radical (unpaired) electrons. The molecule has 1 saturated heterocycles. The maximum absolute atomic E-state index is 5.88. The van der Waals surface area contributed by atoms with Gasteiger partial charge in [0.1, 0.15) is 0 Å². The molecule has 0 saturated carbocycles. The van der Waals surface area contributed by atoms with Crippen LogP contribution >= 0.6 is 11.3 Å². The standard InChI is InChI=1S/C12H13NOS/c13-6-12(7-14-8-12)10-5-15-11-4-2-1-3-9(10)11/h1-5H,6-8,13H2. The number of nitrogens with two attached hydrogens (primary N) is 1. The molecule has 2 nitrogen and oxygen atoms in total. The summed E-state index contributed by atoms with van der Waals surface area (Å²) in [6.07, 6.45) is 0. The normalized spacial score (nSPS) is 19.0. The summed E-state index contributed by atoms with van der Waals surface area (Å²) < 4.78 is 6.67. The first-order valence-electron chi connectivity index (χ1n) is 5.10. The molecule has 0 spiro atoms. The van der Waals surface area contributed by atoms with Crippen LogP contribution < -0.4 is 5.73 Å². The third-order valence-corrected chi connectivity index (χ3v) is 4.16. The van der Waals surface area contributed by atoms with E-state index in [1.165, 1.54) is 15.6 Å². The van der Waals surface area contributed by atoms with E-state index in [0.29, 0.717) is 6.54 Å². The highest BCUT2D eigenvalue weighted by Crippen LogP contribution is 2.38. The second-order valence-corrected chi connectivity index (χ2v) is 5.03. The van der Waals surface area contributed by atoms with Crippen molar-refractivity contribution in [1.29, 1.82) is 0 Å². The van der Waals surface area contributed by atoms with Gasteiger partial charge in [-0.3, -0.25) is 0 Å². The van der Waals surface area contributed by atoms with Crippen molar-refractivity contribution in [2.75, 3.05) is 19.8 Å². The van der Waals surface area contributed by atoms with Gasteiger partial charge in [0.25, 0.3) is 0 Å². The molecule has 0 unspecified atom stereocenters. The van der Waals surface area contributed by atoms with Gasteiger partial charge in [-0.15, -0.1) is 11.3 Å². The average molecular weight is 219 g/mol. The molecule has 1 fully saturated rings. The molecule has 2 N–H and O–H groups in total. The molecule has 2 aromatic rings. The number of ether oxygens (including phenoxy) is 1. The number of benzene rings is 1. The second-order valence-electron chi connectivity index (χ2n) is 4.12. The first-order valence-corrected chi connectivity index (χ1v) is 5.98. The van der Waals surface area contributed by atoms with E-state index in [4.69, 9.17) is 10.5 Å². The Morgan fingerprint density at radius 3 is 2.80 bits per heavy atom. The predicted octanol–water partition coefficient (Wildman–Crippen LogP) is 2.13. The highest BCUT2D eigenvalue weighted by atomic mass is 32.1. The monoisotopic (exact) mass is 219 g/mol. The third-order valence-electron chi connectivity index (χ3n) is 3.20. The van der Waals surface area contributed by atoms with Gasteiger partial charge in [-0.25, -0.2) is 0 Å². The van der Waals surface area contributed by atoms with Crippen LogP contribution in [0.5, 0.6) is 0 Å². The largest absolute Gasteiger partial charge is 0.379 e. The SMILES string of the molecule is NCC1(c2csc3ccccc23)COC1. The Kier molecular flexibility index (Phi) is 2.06. The van der Waals surface area contributed by atoms with Crippen LogP contribution in [0.4, 0.5) is 0 Å². The minimum Gasteiger partial charge on any atom is -0.379 e. The Morgan fingerprint density at radius 2 is 2.13 bits per heavy atom. The molecule has 1 aliphatic heterocycles. The maximum Gasteiger partial charge on any atom is 0.0598 e. The summed E-state index contributed by atoms with van der Waals surface area (Å²) in [5.74, 6) is 0. The highest BCUT2D eigenvalue weighted by Gasteiger charge is 2.40. The van der Waals surface area contributed by atoms with E-state index in [2.05, 4.69) is 29.6 Å². The van der Waals surface area contributed by atoms with Gasteiger partial charge in [0.2, 0.25) is 0 Å². The Hall–Kier alpha value is -0.900. The molecular weight excluding hydrogens is 206 g/mol. The van der Waals surface area contributed by atoms with Gasteiger partial charge in [-0.1, -0.05) is 18.2 Å². The summed E-state index contributed by atoms with van der Waals surface area (Å²) in [6, 6.07) is 8.50. The fourth-order valence-electron chi connectivity index (χ4n) is 2.12. The van der Waals surface area contributed by atoms with Gasteiger partial charge in [-0.05, 0) is 22.4 Å². The zero-order valence-electron chi connectivity index (χ0n) is 8.40. The van der Waals surface area contributed by atoms with E-state index in [0.717, 1.165) is 13.2 Å². The van der Waals surface area contributed by atoms with Gasteiger partial charge in [0, 0.05) is 11.2 Å². The van der Waals surface area contributed by atoms with E-state index in [9.17, 15) is 0 Å². The molecule has 3 heteroatoms. The Balaban J connectivity index is 2.18. The topological polar surface area (TPSA) is 35.2 Å². The zero-order chi connectivity index (χ0) is 10.3. The molecule has 2 heterocycles. The lowest BCUT2D eigenvalue weighted by molar-refractivity contribution is -0.0541.